The van der Waals surface area contributed by atoms with E-state index in [9.17, 15) is 0 Å². The van der Waals surface area contributed by atoms with Crippen molar-refractivity contribution in [1.29, 1.82) is 0 Å². The van der Waals surface area contributed by atoms with Gasteiger partial charge in [0.15, 0.2) is 0 Å². The summed E-state index contributed by atoms with van der Waals surface area (Å²) in [6, 6.07) is 0. The molecule has 0 aliphatic rings. The molecule has 4 atom stereocenters. The van der Waals surface area contributed by atoms with Crippen molar-refractivity contribution in [3.05, 3.63) is 13.2 Å². The number of rotatable bonds is 9. The molecule has 0 aromatic carbocycles. The molecule has 0 aliphatic carbocycles. The van der Waals surface area contributed by atoms with E-state index < -0.39 is 0 Å². The maximum absolute atomic E-state index is 3.00. The van der Waals surface area contributed by atoms with Crippen LogP contribution in [-0.4, -0.2) is 0 Å². The van der Waals surface area contributed by atoms with Crippen LogP contribution in [0.15, 0.2) is 13.2 Å². The molecule has 0 radical (unpaired) electrons. The third-order valence-corrected chi connectivity index (χ3v) is 4.59. The maximum atomic E-state index is 3.00. The van der Waals surface area contributed by atoms with E-state index in [0.29, 0.717) is 0 Å². The maximum Gasteiger partial charge on any atom is -0.0417 e. The second-order valence-electron chi connectivity index (χ2n) is 6.14. The fourth-order valence-corrected chi connectivity index (χ4v) is 2.07. The molecule has 18 heavy (non-hydrogen) atoms. The molecular formula is C18H38. The molecule has 0 saturated heterocycles. The predicted molar refractivity (Wildman–Crippen MR) is 87.0 cm³/mol. The molecule has 0 fully saturated rings. The summed E-state index contributed by atoms with van der Waals surface area (Å²) >= 11 is 0. The molecule has 0 spiro atoms. The molecule has 0 bridgehead atoms. The summed E-state index contributed by atoms with van der Waals surface area (Å²) in [4.78, 5) is 0. The molecule has 0 saturated carbocycles. The SMILES string of the molecule is C=C.CCC(C)CCC(C)C(C)CCC(C)CC. The molecule has 0 N–H and O–H groups in total. The average molecular weight is 255 g/mol. The lowest BCUT2D eigenvalue weighted by molar-refractivity contribution is 0.293. The van der Waals surface area contributed by atoms with E-state index in [1.807, 2.05) is 0 Å². The monoisotopic (exact) mass is 254 g/mol. The van der Waals surface area contributed by atoms with E-state index in [0.717, 1.165) is 23.7 Å². The van der Waals surface area contributed by atoms with Gasteiger partial charge < -0.3 is 0 Å². The Bertz CT molecular complexity index is 143. The zero-order valence-electron chi connectivity index (χ0n) is 14.0. The Kier molecular flexibility index (Phi) is 14.7. The zero-order chi connectivity index (χ0) is 14.6. The fraction of sp³-hybridized carbons (Fsp3) is 0.889. The Balaban J connectivity index is 0. The van der Waals surface area contributed by atoms with E-state index in [1.165, 1.54) is 38.5 Å². The van der Waals surface area contributed by atoms with Crippen LogP contribution in [-0.2, 0) is 0 Å². The summed E-state index contributed by atoms with van der Waals surface area (Å²) in [7, 11) is 0. The van der Waals surface area contributed by atoms with Gasteiger partial charge >= 0.3 is 0 Å². The summed E-state index contributed by atoms with van der Waals surface area (Å²) in [5.41, 5.74) is 0. The van der Waals surface area contributed by atoms with Crippen molar-refractivity contribution in [2.75, 3.05) is 0 Å². The van der Waals surface area contributed by atoms with Gasteiger partial charge in [0.1, 0.15) is 0 Å². The van der Waals surface area contributed by atoms with Crippen molar-refractivity contribution in [3.8, 4) is 0 Å². The molecule has 0 aromatic heterocycles. The molecule has 0 heterocycles. The van der Waals surface area contributed by atoms with Crippen LogP contribution in [0.1, 0.15) is 80.1 Å². The van der Waals surface area contributed by atoms with Gasteiger partial charge in [-0.25, -0.2) is 0 Å². The molecule has 0 nitrogen and oxygen atoms in total. The largest absolute Gasteiger partial charge is 0.106 e. The first-order valence-electron chi connectivity index (χ1n) is 8.01. The van der Waals surface area contributed by atoms with Crippen LogP contribution < -0.4 is 0 Å². The van der Waals surface area contributed by atoms with Gasteiger partial charge in [0.2, 0.25) is 0 Å². The summed E-state index contributed by atoms with van der Waals surface area (Å²) < 4.78 is 0. The zero-order valence-corrected chi connectivity index (χ0v) is 14.0. The Morgan fingerprint density at radius 2 is 0.889 bits per heavy atom. The highest BCUT2D eigenvalue weighted by Gasteiger charge is 2.14. The van der Waals surface area contributed by atoms with Crippen LogP contribution >= 0.6 is 0 Å². The first-order valence-corrected chi connectivity index (χ1v) is 8.01. The van der Waals surface area contributed by atoms with Gasteiger partial charge in [0, 0.05) is 0 Å². The highest BCUT2D eigenvalue weighted by atomic mass is 14.2. The van der Waals surface area contributed by atoms with E-state index >= 15 is 0 Å². The van der Waals surface area contributed by atoms with Crippen molar-refractivity contribution < 1.29 is 0 Å². The molecule has 0 aliphatic heterocycles. The van der Waals surface area contributed by atoms with Crippen molar-refractivity contribution in [1.82, 2.24) is 0 Å². The average Bonchev–Trinajstić information content (AvgIpc) is 2.43. The molecule has 4 unspecified atom stereocenters. The highest BCUT2D eigenvalue weighted by molar-refractivity contribution is 4.65. The van der Waals surface area contributed by atoms with Gasteiger partial charge in [-0.3, -0.25) is 0 Å². The third kappa shape index (κ3) is 10.9. The van der Waals surface area contributed by atoms with Crippen LogP contribution in [0.4, 0.5) is 0 Å². The Morgan fingerprint density at radius 3 is 1.11 bits per heavy atom. The van der Waals surface area contributed by atoms with E-state index in [4.69, 9.17) is 0 Å². The van der Waals surface area contributed by atoms with Crippen LogP contribution in [0.25, 0.3) is 0 Å². The van der Waals surface area contributed by atoms with Gasteiger partial charge in [-0.05, 0) is 23.7 Å². The van der Waals surface area contributed by atoms with Crippen molar-refractivity contribution >= 4 is 0 Å². The molecule has 0 aromatic rings. The Labute approximate surface area is 117 Å². The van der Waals surface area contributed by atoms with Crippen LogP contribution in [0.2, 0.25) is 0 Å². The first kappa shape index (κ1) is 20.1. The van der Waals surface area contributed by atoms with E-state index in [2.05, 4.69) is 54.7 Å². The smallest absolute Gasteiger partial charge is 0.0417 e. The van der Waals surface area contributed by atoms with Gasteiger partial charge in [0.05, 0.1) is 0 Å². The van der Waals surface area contributed by atoms with E-state index in [-0.39, 0.29) is 0 Å². The molecule has 0 rings (SSSR count). The molecule has 0 heteroatoms. The lowest BCUT2D eigenvalue weighted by Gasteiger charge is -2.22. The minimum absolute atomic E-state index is 0.915. The Morgan fingerprint density at radius 1 is 0.611 bits per heavy atom. The van der Waals surface area contributed by atoms with Gasteiger partial charge in [0.25, 0.3) is 0 Å². The fourth-order valence-electron chi connectivity index (χ4n) is 2.07. The first-order chi connectivity index (χ1) is 8.51. The van der Waals surface area contributed by atoms with Crippen molar-refractivity contribution in [3.63, 3.8) is 0 Å². The second-order valence-corrected chi connectivity index (χ2v) is 6.14. The Hall–Kier alpha value is -0.260. The van der Waals surface area contributed by atoms with Crippen LogP contribution in [0.5, 0.6) is 0 Å². The van der Waals surface area contributed by atoms with E-state index in [1.54, 1.807) is 0 Å². The number of hydrogen-bond donors (Lipinski definition) is 0. The third-order valence-electron chi connectivity index (χ3n) is 4.59. The van der Waals surface area contributed by atoms with Gasteiger partial charge in [-0.2, -0.15) is 0 Å². The van der Waals surface area contributed by atoms with Crippen LogP contribution in [0, 0.1) is 23.7 Å². The topological polar surface area (TPSA) is 0 Å². The predicted octanol–water partition coefficient (Wildman–Crippen LogP) is 6.71. The quantitative estimate of drug-likeness (QED) is 0.401. The van der Waals surface area contributed by atoms with Crippen molar-refractivity contribution in [2.24, 2.45) is 23.7 Å². The minimum atomic E-state index is 0.915. The lowest BCUT2D eigenvalue weighted by atomic mass is 9.84. The van der Waals surface area contributed by atoms with Gasteiger partial charge in [-0.1, -0.05) is 80.1 Å². The molecule has 0 amide bonds. The summed E-state index contributed by atoms with van der Waals surface area (Å²) in [5, 5.41) is 0. The van der Waals surface area contributed by atoms with Crippen LogP contribution in [0.3, 0.4) is 0 Å². The molecule has 110 valence electrons. The standard InChI is InChI=1S/C16H34.C2H4/c1-7-13(3)9-11-15(5)16(6)12-10-14(4)8-2;1-2/h13-16H,7-12H2,1-6H3;1-2H2. The van der Waals surface area contributed by atoms with Gasteiger partial charge in [-0.15, -0.1) is 13.2 Å². The normalized spacial score (nSPS) is 17.2. The number of hydrogen-bond acceptors (Lipinski definition) is 0. The summed E-state index contributed by atoms with van der Waals surface area (Å²) in [6.45, 7) is 20.3. The highest BCUT2D eigenvalue weighted by Crippen LogP contribution is 2.26. The molecular weight excluding hydrogens is 216 g/mol. The second kappa shape index (κ2) is 13.2. The lowest BCUT2D eigenvalue weighted by Crippen LogP contribution is -2.11. The minimum Gasteiger partial charge on any atom is -0.106 e. The summed E-state index contributed by atoms with van der Waals surface area (Å²) in [6.07, 6.45) is 8.38. The summed E-state index contributed by atoms with van der Waals surface area (Å²) in [5.74, 6) is 3.67. The van der Waals surface area contributed by atoms with Crippen molar-refractivity contribution in [2.45, 2.75) is 80.1 Å².